The van der Waals surface area contributed by atoms with Gasteiger partial charge in [0.1, 0.15) is 5.82 Å². The van der Waals surface area contributed by atoms with Gasteiger partial charge in [0.2, 0.25) is 0 Å². The lowest BCUT2D eigenvalue weighted by molar-refractivity contribution is -0.384. The van der Waals surface area contributed by atoms with E-state index in [4.69, 9.17) is 11.6 Å². The van der Waals surface area contributed by atoms with E-state index in [9.17, 15) is 22.9 Å². The van der Waals surface area contributed by atoms with Gasteiger partial charge >= 0.3 is 0 Å². The van der Waals surface area contributed by atoms with Crippen LogP contribution in [0.1, 0.15) is 5.56 Å². The molecule has 0 heterocycles. The maximum absolute atomic E-state index is 13.3. The van der Waals surface area contributed by atoms with Crippen molar-refractivity contribution < 1.29 is 17.7 Å². The number of benzene rings is 3. The molecule has 3 aromatic rings. The molecule has 3 aromatic carbocycles. The number of nitro groups is 1. The molecule has 144 valence electrons. The lowest BCUT2D eigenvalue weighted by Gasteiger charge is -2.25. The van der Waals surface area contributed by atoms with E-state index in [0.717, 1.165) is 28.6 Å². The molecule has 0 spiro atoms. The first kappa shape index (κ1) is 19.8. The van der Waals surface area contributed by atoms with Crippen LogP contribution in [0.25, 0.3) is 0 Å². The summed E-state index contributed by atoms with van der Waals surface area (Å²) in [6.07, 6.45) is 0. The average molecular weight is 421 g/mol. The maximum atomic E-state index is 13.3. The minimum absolute atomic E-state index is 0.0501. The van der Waals surface area contributed by atoms with Crippen LogP contribution < -0.4 is 4.31 Å². The van der Waals surface area contributed by atoms with Crippen LogP contribution in [-0.4, -0.2) is 13.3 Å². The average Bonchev–Trinajstić information content (AvgIpc) is 2.67. The van der Waals surface area contributed by atoms with E-state index in [1.807, 2.05) is 0 Å². The zero-order valence-corrected chi connectivity index (χ0v) is 15.9. The SMILES string of the molecule is O=[N+]([O-])c1ccc(S(=O)(=O)N(Cc2cccc(Cl)c2)c2ccc(F)cc2)cc1. The van der Waals surface area contributed by atoms with Crippen LogP contribution in [0.5, 0.6) is 0 Å². The molecule has 0 N–H and O–H groups in total. The normalized spacial score (nSPS) is 11.2. The minimum atomic E-state index is -4.08. The number of anilines is 1. The second-order valence-electron chi connectivity index (χ2n) is 5.87. The number of hydrogen-bond acceptors (Lipinski definition) is 4. The molecule has 9 heteroatoms. The van der Waals surface area contributed by atoms with Gasteiger partial charge in [-0.05, 0) is 54.1 Å². The van der Waals surface area contributed by atoms with Gasteiger partial charge in [0, 0.05) is 17.2 Å². The highest BCUT2D eigenvalue weighted by atomic mass is 35.5. The summed E-state index contributed by atoms with van der Waals surface area (Å²) in [5.74, 6) is -0.501. The molecule has 0 aromatic heterocycles. The van der Waals surface area contributed by atoms with E-state index in [1.165, 1.54) is 24.3 Å². The minimum Gasteiger partial charge on any atom is -0.262 e. The van der Waals surface area contributed by atoms with Crippen molar-refractivity contribution in [1.82, 2.24) is 0 Å². The molecule has 0 unspecified atom stereocenters. The fraction of sp³-hybridized carbons (Fsp3) is 0.0526. The van der Waals surface area contributed by atoms with Crippen molar-refractivity contribution in [2.45, 2.75) is 11.4 Å². The lowest BCUT2D eigenvalue weighted by atomic mass is 10.2. The van der Waals surface area contributed by atoms with Crippen molar-refractivity contribution in [2.24, 2.45) is 0 Å². The molecular formula is C19H14ClFN2O4S. The number of nitro benzene ring substituents is 1. The van der Waals surface area contributed by atoms with Crippen molar-refractivity contribution in [3.63, 3.8) is 0 Å². The Labute approximate surface area is 166 Å². The standard InChI is InChI=1S/C19H14ClFN2O4S/c20-15-3-1-2-14(12-15)13-22(17-6-4-16(21)5-7-17)28(26,27)19-10-8-18(9-11-19)23(24)25/h1-12H,13H2. The van der Waals surface area contributed by atoms with Crippen molar-refractivity contribution >= 4 is 33.0 Å². The molecular weight excluding hydrogens is 407 g/mol. The largest absolute Gasteiger partial charge is 0.269 e. The van der Waals surface area contributed by atoms with E-state index in [0.29, 0.717) is 10.6 Å². The Morgan fingerprint density at radius 3 is 2.21 bits per heavy atom. The molecule has 0 fully saturated rings. The molecule has 0 atom stereocenters. The van der Waals surface area contributed by atoms with Gasteiger partial charge in [-0.25, -0.2) is 12.8 Å². The van der Waals surface area contributed by atoms with Crippen molar-refractivity contribution in [1.29, 1.82) is 0 Å². The van der Waals surface area contributed by atoms with E-state index in [1.54, 1.807) is 24.3 Å². The first-order valence-electron chi connectivity index (χ1n) is 8.04. The molecule has 0 radical (unpaired) electrons. The van der Waals surface area contributed by atoms with Gasteiger partial charge in [0.25, 0.3) is 15.7 Å². The molecule has 0 amide bonds. The van der Waals surface area contributed by atoms with Crippen molar-refractivity contribution in [3.8, 4) is 0 Å². The molecule has 0 aliphatic rings. The Balaban J connectivity index is 2.06. The van der Waals surface area contributed by atoms with Gasteiger partial charge in [-0.2, -0.15) is 0 Å². The quantitative estimate of drug-likeness (QED) is 0.424. The zero-order chi connectivity index (χ0) is 20.3. The molecule has 0 aliphatic carbocycles. The summed E-state index contributed by atoms with van der Waals surface area (Å²) < 4.78 is 40.9. The van der Waals surface area contributed by atoms with Gasteiger partial charge in [-0.15, -0.1) is 0 Å². The van der Waals surface area contributed by atoms with Crippen LogP contribution in [0.4, 0.5) is 15.8 Å². The van der Waals surface area contributed by atoms with E-state index in [-0.39, 0.29) is 22.8 Å². The monoisotopic (exact) mass is 420 g/mol. The zero-order valence-electron chi connectivity index (χ0n) is 14.3. The summed E-state index contributed by atoms with van der Waals surface area (Å²) in [7, 11) is -4.08. The Morgan fingerprint density at radius 2 is 1.64 bits per heavy atom. The molecule has 0 aliphatic heterocycles. The lowest BCUT2D eigenvalue weighted by Crippen LogP contribution is -2.30. The van der Waals surface area contributed by atoms with Crippen molar-refractivity contribution in [3.05, 3.63) is 99.3 Å². The third-order valence-corrected chi connectivity index (χ3v) is 5.99. The fourth-order valence-corrected chi connectivity index (χ4v) is 4.26. The van der Waals surface area contributed by atoms with E-state index >= 15 is 0 Å². The first-order chi connectivity index (χ1) is 13.3. The molecule has 0 bridgehead atoms. The van der Waals surface area contributed by atoms with Gasteiger partial charge in [-0.1, -0.05) is 23.7 Å². The van der Waals surface area contributed by atoms with Crippen LogP contribution in [0.15, 0.2) is 77.7 Å². The van der Waals surface area contributed by atoms with Crippen LogP contribution in [-0.2, 0) is 16.6 Å². The van der Waals surface area contributed by atoms with E-state index in [2.05, 4.69) is 0 Å². The summed E-state index contributed by atoms with van der Waals surface area (Å²) in [4.78, 5) is 10.1. The Morgan fingerprint density at radius 1 is 1.00 bits per heavy atom. The van der Waals surface area contributed by atoms with Crippen LogP contribution in [0, 0.1) is 15.9 Å². The topological polar surface area (TPSA) is 80.5 Å². The molecule has 3 rings (SSSR count). The van der Waals surface area contributed by atoms with Gasteiger partial charge < -0.3 is 0 Å². The smallest absolute Gasteiger partial charge is 0.262 e. The summed E-state index contributed by atoms with van der Waals surface area (Å²) in [5, 5.41) is 11.3. The number of nitrogens with zero attached hydrogens (tertiary/aromatic N) is 2. The predicted octanol–water partition coefficient (Wildman–Crippen LogP) is 4.78. The highest BCUT2D eigenvalue weighted by Gasteiger charge is 2.26. The number of non-ortho nitro benzene ring substituents is 1. The van der Waals surface area contributed by atoms with Gasteiger partial charge in [0.15, 0.2) is 0 Å². The highest BCUT2D eigenvalue weighted by Crippen LogP contribution is 2.28. The first-order valence-corrected chi connectivity index (χ1v) is 9.86. The van der Waals surface area contributed by atoms with Crippen LogP contribution in [0.2, 0.25) is 5.02 Å². The summed E-state index contributed by atoms with van der Waals surface area (Å²) in [6.45, 7) is -0.0501. The maximum Gasteiger partial charge on any atom is 0.269 e. The summed E-state index contributed by atoms with van der Waals surface area (Å²) in [6, 6.07) is 16.3. The second kappa shape index (κ2) is 7.95. The van der Waals surface area contributed by atoms with Gasteiger partial charge in [-0.3, -0.25) is 14.4 Å². The number of hydrogen-bond donors (Lipinski definition) is 0. The molecule has 6 nitrogen and oxygen atoms in total. The highest BCUT2D eigenvalue weighted by molar-refractivity contribution is 7.92. The number of sulfonamides is 1. The van der Waals surface area contributed by atoms with Gasteiger partial charge in [0.05, 0.1) is 22.1 Å². The van der Waals surface area contributed by atoms with Crippen LogP contribution in [0.3, 0.4) is 0 Å². The Bertz CT molecular complexity index is 1100. The number of rotatable bonds is 6. The Hall–Kier alpha value is -2.97. The molecule has 0 saturated heterocycles. The van der Waals surface area contributed by atoms with E-state index < -0.39 is 20.8 Å². The number of halogens is 2. The third kappa shape index (κ3) is 4.29. The molecule has 0 saturated carbocycles. The Kier molecular flexibility index (Phi) is 5.62. The second-order valence-corrected chi connectivity index (χ2v) is 8.17. The van der Waals surface area contributed by atoms with Crippen molar-refractivity contribution in [2.75, 3.05) is 4.31 Å². The van der Waals surface area contributed by atoms with Crippen LogP contribution >= 0.6 is 11.6 Å². The molecule has 28 heavy (non-hydrogen) atoms. The third-order valence-electron chi connectivity index (χ3n) is 3.97. The predicted molar refractivity (Wildman–Crippen MR) is 104 cm³/mol. The fourth-order valence-electron chi connectivity index (χ4n) is 2.59. The summed E-state index contributed by atoms with van der Waals surface area (Å²) >= 11 is 5.99. The summed E-state index contributed by atoms with van der Waals surface area (Å²) in [5.41, 5.74) is 0.657.